The molecule has 0 aromatic carbocycles. The Morgan fingerprint density at radius 3 is 2.38 bits per heavy atom. The van der Waals surface area contributed by atoms with Crippen molar-refractivity contribution < 1.29 is 30.0 Å². The molecule has 1 unspecified atom stereocenters. The fourth-order valence-corrected chi connectivity index (χ4v) is 0.865. The van der Waals surface area contributed by atoms with Crippen LogP contribution < -0.4 is 0 Å². The molecule has 0 heterocycles. The number of aliphatic carboxylic acids is 1. The van der Waals surface area contributed by atoms with E-state index in [0.717, 1.165) is 0 Å². The first-order valence-electron chi connectivity index (χ1n) is 3.24. The molecule has 4 N–H and O–H groups in total. The third kappa shape index (κ3) is 1.38. The lowest BCUT2D eigenvalue weighted by molar-refractivity contribution is -0.133. The predicted octanol–water partition coefficient (Wildman–Crippen LogP) is -0.731. The molecule has 0 saturated heterocycles. The van der Waals surface area contributed by atoms with E-state index in [1.165, 1.54) is 0 Å². The lowest BCUT2D eigenvalue weighted by Gasteiger charge is -2.14. The summed E-state index contributed by atoms with van der Waals surface area (Å²) in [5.41, 5.74) is -0.690. The molecule has 1 atom stereocenters. The van der Waals surface area contributed by atoms with Crippen molar-refractivity contribution in [1.29, 1.82) is 0 Å². The molecule has 0 aromatic rings. The Bertz CT molecular complexity index is 337. The zero-order valence-corrected chi connectivity index (χ0v) is 6.26. The van der Waals surface area contributed by atoms with Crippen LogP contribution in [0.15, 0.2) is 23.2 Å². The first-order valence-corrected chi connectivity index (χ1v) is 3.24. The van der Waals surface area contributed by atoms with Crippen LogP contribution in [0.4, 0.5) is 0 Å². The van der Waals surface area contributed by atoms with Gasteiger partial charge in [0, 0.05) is 6.08 Å². The Hall–Kier alpha value is -1.82. The number of aliphatic hydroxyl groups is 3. The van der Waals surface area contributed by atoms with Crippen LogP contribution in [0.25, 0.3) is 0 Å². The number of hydrogen-bond donors (Lipinski definition) is 4. The zero-order valence-electron chi connectivity index (χ0n) is 6.26. The fourth-order valence-electron chi connectivity index (χ4n) is 0.865. The van der Waals surface area contributed by atoms with Crippen molar-refractivity contribution in [1.82, 2.24) is 0 Å². The van der Waals surface area contributed by atoms with Crippen LogP contribution in [0.3, 0.4) is 0 Å². The number of Topliss-reactive ketones (excluding diaryl/α,β-unsaturated/α-hetero) is 1. The molecule has 13 heavy (non-hydrogen) atoms. The van der Waals surface area contributed by atoms with E-state index >= 15 is 0 Å². The first-order chi connectivity index (χ1) is 5.95. The highest BCUT2D eigenvalue weighted by molar-refractivity contribution is 6.05. The zero-order chi connectivity index (χ0) is 10.2. The van der Waals surface area contributed by atoms with Gasteiger partial charge in [-0.3, -0.25) is 4.79 Å². The topological polar surface area (TPSA) is 115 Å². The normalized spacial score (nSPS) is 23.0. The van der Waals surface area contributed by atoms with Gasteiger partial charge in [0.1, 0.15) is 11.3 Å². The largest absolute Gasteiger partial charge is 0.508 e. The van der Waals surface area contributed by atoms with Crippen molar-refractivity contribution in [3.05, 3.63) is 23.2 Å². The van der Waals surface area contributed by atoms with Crippen molar-refractivity contribution in [2.75, 3.05) is 0 Å². The number of carbonyl (C=O) groups is 2. The average Bonchev–Trinajstić information content (AvgIpc) is 2.07. The highest BCUT2D eigenvalue weighted by Crippen LogP contribution is 2.18. The molecule has 70 valence electrons. The number of carbonyl (C=O) groups excluding carboxylic acids is 1. The van der Waals surface area contributed by atoms with Gasteiger partial charge in [-0.25, -0.2) is 4.79 Å². The van der Waals surface area contributed by atoms with Crippen LogP contribution in [0.2, 0.25) is 0 Å². The molecule has 1 aliphatic rings. The molecule has 0 aromatic heterocycles. The minimum atomic E-state index is -1.99. The fraction of sp³-hybridized carbons (Fsp3) is 0.143. The van der Waals surface area contributed by atoms with Gasteiger partial charge in [0.15, 0.2) is 11.9 Å². The van der Waals surface area contributed by atoms with Gasteiger partial charge in [-0.1, -0.05) is 0 Å². The van der Waals surface area contributed by atoms with Crippen LogP contribution in [0.5, 0.6) is 0 Å². The summed E-state index contributed by atoms with van der Waals surface area (Å²) in [6.07, 6.45) is -1.40. The van der Waals surface area contributed by atoms with Crippen molar-refractivity contribution in [3.63, 3.8) is 0 Å². The van der Waals surface area contributed by atoms with Crippen molar-refractivity contribution >= 4 is 11.8 Å². The van der Waals surface area contributed by atoms with E-state index in [1.807, 2.05) is 0 Å². The second kappa shape index (κ2) is 2.91. The summed E-state index contributed by atoms with van der Waals surface area (Å²) >= 11 is 0. The van der Waals surface area contributed by atoms with Crippen LogP contribution in [0.1, 0.15) is 0 Å². The Balaban J connectivity index is 3.23. The van der Waals surface area contributed by atoms with Gasteiger partial charge in [0.2, 0.25) is 5.78 Å². The quantitative estimate of drug-likeness (QED) is 0.429. The summed E-state index contributed by atoms with van der Waals surface area (Å²) in [5.74, 6) is -4.50. The third-order valence-corrected chi connectivity index (χ3v) is 1.55. The summed E-state index contributed by atoms with van der Waals surface area (Å²) in [7, 11) is 0. The van der Waals surface area contributed by atoms with E-state index in [9.17, 15) is 9.59 Å². The van der Waals surface area contributed by atoms with Gasteiger partial charge < -0.3 is 20.4 Å². The molecule has 0 bridgehead atoms. The van der Waals surface area contributed by atoms with Gasteiger partial charge in [-0.2, -0.15) is 0 Å². The Kier molecular flexibility index (Phi) is 2.07. The van der Waals surface area contributed by atoms with E-state index in [2.05, 4.69) is 0 Å². The van der Waals surface area contributed by atoms with E-state index in [1.54, 1.807) is 0 Å². The SMILES string of the molecule is O=C(O)C1=C(O)C(O)C(=O)C(O)=C1. The van der Waals surface area contributed by atoms with Crippen molar-refractivity contribution in [2.45, 2.75) is 6.10 Å². The summed E-state index contributed by atoms with van der Waals surface area (Å²) in [4.78, 5) is 21.1. The van der Waals surface area contributed by atoms with Gasteiger partial charge in [-0.05, 0) is 0 Å². The minimum Gasteiger partial charge on any atom is -0.508 e. The molecule has 6 heteroatoms. The van der Waals surface area contributed by atoms with Crippen LogP contribution >= 0.6 is 0 Å². The number of hydrogen-bond acceptors (Lipinski definition) is 5. The highest BCUT2D eigenvalue weighted by Gasteiger charge is 2.32. The molecule has 0 amide bonds. The lowest BCUT2D eigenvalue weighted by Crippen LogP contribution is -2.30. The maximum absolute atomic E-state index is 10.7. The number of rotatable bonds is 1. The van der Waals surface area contributed by atoms with Gasteiger partial charge in [0.25, 0.3) is 0 Å². The maximum atomic E-state index is 10.7. The van der Waals surface area contributed by atoms with Gasteiger partial charge in [0.05, 0.1) is 0 Å². The van der Waals surface area contributed by atoms with E-state index in [-0.39, 0.29) is 0 Å². The number of carboxylic acid groups (broad SMARTS) is 1. The summed E-state index contributed by atoms with van der Waals surface area (Å²) in [6.45, 7) is 0. The molecule has 0 spiro atoms. The summed E-state index contributed by atoms with van der Waals surface area (Å²) in [5, 5.41) is 35.1. The maximum Gasteiger partial charge on any atom is 0.339 e. The molecule has 0 aliphatic heterocycles. The summed E-state index contributed by atoms with van der Waals surface area (Å²) in [6, 6.07) is 0. The van der Waals surface area contributed by atoms with Crippen molar-refractivity contribution in [3.8, 4) is 0 Å². The molecule has 1 aliphatic carbocycles. The Labute approximate surface area is 72.0 Å². The summed E-state index contributed by atoms with van der Waals surface area (Å²) < 4.78 is 0. The molecule has 1 rings (SSSR count). The standard InChI is InChI=1S/C7H6O6/c8-3-1-2(7(12)13)4(9)6(11)5(3)10/h1,6,8-9,11H,(H,12,13). The van der Waals surface area contributed by atoms with Crippen molar-refractivity contribution in [2.24, 2.45) is 0 Å². The van der Waals surface area contributed by atoms with Gasteiger partial charge in [-0.15, -0.1) is 0 Å². The lowest BCUT2D eigenvalue weighted by atomic mass is 10.00. The van der Waals surface area contributed by atoms with E-state index in [4.69, 9.17) is 20.4 Å². The molecular weight excluding hydrogens is 180 g/mol. The van der Waals surface area contributed by atoms with Crippen LogP contribution in [-0.2, 0) is 9.59 Å². The number of carboxylic acids is 1. The molecule has 0 saturated carbocycles. The molecule has 6 nitrogen and oxygen atoms in total. The second-order valence-electron chi connectivity index (χ2n) is 2.40. The number of aliphatic hydroxyl groups excluding tert-OH is 3. The smallest absolute Gasteiger partial charge is 0.339 e. The molecule has 0 fully saturated rings. The predicted molar refractivity (Wildman–Crippen MR) is 39.0 cm³/mol. The molecule has 0 radical (unpaired) electrons. The average molecular weight is 186 g/mol. The van der Waals surface area contributed by atoms with Crippen LogP contribution in [-0.4, -0.2) is 38.3 Å². The van der Waals surface area contributed by atoms with Crippen LogP contribution in [0, 0.1) is 0 Å². The molecular formula is C7H6O6. The third-order valence-electron chi connectivity index (χ3n) is 1.55. The second-order valence-corrected chi connectivity index (χ2v) is 2.40. The highest BCUT2D eigenvalue weighted by atomic mass is 16.4. The minimum absolute atomic E-state index is 0.590. The monoisotopic (exact) mass is 186 g/mol. The first kappa shape index (κ1) is 9.27. The Morgan fingerprint density at radius 1 is 1.38 bits per heavy atom. The van der Waals surface area contributed by atoms with Gasteiger partial charge >= 0.3 is 5.97 Å². The number of ketones is 1. The Morgan fingerprint density at radius 2 is 1.92 bits per heavy atom. The van der Waals surface area contributed by atoms with E-state index in [0.29, 0.717) is 6.08 Å². The van der Waals surface area contributed by atoms with E-state index < -0.39 is 34.9 Å².